The van der Waals surface area contributed by atoms with Gasteiger partial charge in [0.25, 0.3) is 0 Å². The minimum absolute atomic E-state index is 0.137. The van der Waals surface area contributed by atoms with Crippen LogP contribution in [0.1, 0.15) is 13.8 Å². The van der Waals surface area contributed by atoms with Crippen molar-refractivity contribution in [3.8, 4) is 0 Å². The summed E-state index contributed by atoms with van der Waals surface area (Å²) in [7, 11) is -0.819. The van der Waals surface area contributed by atoms with Crippen LogP contribution >= 0.6 is 0 Å². The van der Waals surface area contributed by atoms with E-state index in [9.17, 15) is 9.00 Å². The third kappa shape index (κ3) is 7.94. The van der Waals surface area contributed by atoms with E-state index in [1.165, 1.54) is 6.08 Å². The molecule has 0 aliphatic heterocycles. The highest BCUT2D eigenvalue weighted by molar-refractivity contribution is 7.84. The third-order valence-corrected chi connectivity index (χ3v) is 2.55. The van der Waals surface area contributed by atoms with Gasteiger partial charge in [-0.15, -0.1) is 0 Å². The average Bonchev–Trinajstić information content (AvgIpc) is 1.98. The summed E-state index contributed by atoms with van der Waals surface area (Å²) in [6.07, 6.45) is 2.82. The fourth-order valence-corrected chi connectivity index (χ4v) is 1.83. The largest absolute Gasteiger partial charge is 0.478 e. The number of carbonyl (C=O) groups is 1. The lowest BCUT2D eigenvalue weighted by atomic mass is 10.2. The monoisotopic (exact) mass is 219 g/mol. The van der Waals surface area contributed by atoms with Crippen LogP contribution in [0.4, 0.5) is 0 Å². The first-order chi connectivity index (χ1) is 6.41. The van der Waals surface area contributed by atoms with E-state index in [0.717, 1.165) is 5.57 Å². The Balaban J connectivity index is 3.82. The molecule has 0 bridgehead atoms. The van der Waals surface area contributed by atoms with Crippen molar-refractivity contribution in [1.29, 1.82) is 0 Å². The molecule has 0 aromatic carbocycles. The number of rotatable bonds is 6. The van der Waals surface area contributed by atoms with E-state index in [1.807, 2.05) is 6.92 Å². The standard InChI is InChI=1S/C9H17NO3S/c1-7(4-9(11)12)5-10-8(2)6-14(3)13/h4,8,10H,5-6H2,1-3H3,(H,11,12). The Morgan fingerprint density at radius 1 is 1.64 bits per heavy atom. The Hall–Kier alpha value is -0.680. The Morgan fingerprint density at radius 3 is 2.64 bits per heavy atom. The van der Waals surface area contributed by atoms with E-state index in [4.69, 9.17) is 5.11 Å². The molecule has 5 heteroatoms. The van der Waals surface area contributed by atoms with Gasteiger partial charge in [-0.2, -0.15) is 0 Å². The number of hydrogen-bond acceptors (Lipinski definition) is 3. The molecule has 0 amide bonds. The van der Waals surface area contributed by atoms with Crippen molar-refractivity contribution >= 4 is 16.8 Å². The van der Waals surface area contributed by atoms with E-state index < -0.39 is 16.8 Å². The maximum Gasteiger partial charge on any atom is 0.328 e. The fraction of sp³-hybridized carbons (Fsp3) is 0.667. The molecule has 0 aromatic heterocycles. The van der Waals surface area contributed by atoms with E-state index >= 15 is 0 Å². The first-order valence-electron chi connectivity index (χ1n) is 4.35. The van der Waals surface area contributed by atoms with Crippen molar-refractivity contribution in [2.45, 2.75) is 19.9 Å². The molecule has 0 radical (unpaired) electrons. The average molecular weight is 219 g/mol. The predicted molar refractivity (Wildman–Crippen MR) is 57.8 cm³/mol. The maximum atomic E-state index is 10.8. The second-order valence-electron chi connectivity index (χ2n) is 3.35. The van der Waals surface area contributed by atoms with Gasteiger partial charge in [-0.1, -0.05) is 5.57 Å². The van der Waals surface area contributed by atoms with Crippen LogP contribution in [-0.4, -0.2) is 39.9 Å². The number of carboxylic acid groups (broad SMARTS) is 1. The van der Waals surface area contributed by atoms with Crippen LogP contribution in [0.3, 0.4) is 0 Å². The minimum atomic E-state index is -0.934. The van der Waals surface area contributed by atoms with E-state index in [2.05, 4.69) is 5.32 Å². The lowest BCUT2D eigenvalue weighted by Crippen LogP contribution is -2.32. The number of hydrogen-bond donors (Lipinski definition) is 2. The summed E-state index contributed by atoms with van der Waals surface area (Å²) < 4.78 is 10.8. The van der Waals surface area contributed by atoms with E-state index in [-0.39, 0.29) is 6.04 Å². The molecule has 0 aromatic rings. The summed E-state index contributed by atoms with van der Waals surface area (Å²) in [5, 5.41) is 11.5. The van der Waals surface area contributed by atoms with Crippen LogP contribution < -0.4 is 5.32 Å². The van der Waals surface area contributed by atoms with Crippen molar-refractivity contribution in [2.75, 3.05) is 18.6 Å². The molecule has 0 spiro atoms. The first kappa shape index (κ1) is 13.3. The van der Waals surface area contributed by atoms with Crippen molar-refractivity contribution in [3.05, 3.63) is 11.6 Å². The van der Waals surface area contributed by atoms with Gasteiger partial charge in [0.1, 0.15) is 0 Å². The highest BCUT2D eigenvalue weighted by atomic mass is 32.2. The molecule has 0 aliphatic rings. The summed E-state index contributed by atoms with van der Waals surface area (Å²) in [5.74, 6) is -0.351. The van der Waals surface area contributed by atoms with Gasteiger partial charge in [0.05, 0.1) is 0 Å². The molecule has 0 aliphatic carbocycles. The minimum Gasteiger partial charge on any atom is -0.478 e. The molecule has 2 unspecified atom stereocenters. The van der Waals surface area contributed by atoms with Crippen molar-refractivity contribution in [1.82, 2.24) is 5.32 Å². The van der Waals surface area contributed by atoms with Crippen molar-refractivity contribution in [2.24, 2.45) is 0 Å². The first-order valence-corrected chi connectivity index (χ1v) is 6.08. The van der Waals surface area contributed by atoms with Gasteiger partial charge in [-0.25, -0.2) is 4.79 Å². The Kier molecular flexibility index (Phi) is 6.40. The third-order valence-electron chi connectivity index (χ3n) is 1.58. The van der Waals surface area contributed by atoms with Crippen molar-refractivity contribution < 1.29 is 14.1 Å². The topological polar surface area (TPSA) is 66.4 Å². The van der Waals surface area contributed by atoms with Gasteiger partial charge in [-0.3, -0.25) is 4.21 Å². The van der Waals surface area contributed by atoms with Crippen molar-refractivity contribution in [3.63, 3.8) is 0 Å². The van der Waals surface area contributed by atoms with Crippen LogP contribution in [0, 0.1) is 0 Å². The fourth-order valence-electron chi connectivity index (χ4n) is 1.01. The smallest absolute Gasteiger partial charge is 0.328 e. The molecule has 0 saturated carbocycles. The Morgan fingerprint density at radius 2 is 2.21 bits per heavy atom. The summed E-state index contributed by atoms with van der Waals surface area (Å²) in [4.78, 5) is 10.3. The Labute approximate surface area is 86.8 Å². The van der Waals surface area contributed by atoms with Crippen LogP contribution in [-0.2, 0) is 15.6 Å². The lowest BCUT2D eigenvalue weighted by molar-refractivity contribution is -0.131. The molecular weight excluding hydrogens is 202 g/mol. The van der Waals surface area contributed by atoms with Gasteiger partial charge in [0.15, 0.2) is 0 Å². The summed E-state index contributed by atoms with van der Waals surface area (Å²) in [6, 6.07) is 0.137. The van der Waals surface area contributed by atoms with E-state index in [1.54, 1.807) is 13.2 Å². The zero-order chi connectivity index (χ0) is 11.1. The molecular formula is C9H17NO3S. The normalized spacial score (nSPS) is 16.4. The molecule has 2 atom stereocenters. The number of nitrogens with one attached hydrogen (secondary N) is 1. The van der Waals surface area contributed by atoms with Gasteiger partial charge in [0.2, 0.25) is 0 Å². The molecule has 4 nitrogen and oxygen atoms in total. The molecule has 2 N–H and O–H groups in total. The zero-order valence-electron chi connectivity index (χ0n) is 8.74. The molecule has 0 heterocycles. The predicted octanol–water partition coefficient (Wildman–Crippen LogP) is 0.374. The lowest BCUT2D eigenvalue weighted by Gasteiger charge is -2.11. The second kappa shape index (κ2) is 6.73. The second-order valence-corrected chi connectivity index (χ2v) is 4.83. The quantitative estimate of drug-likeness (QED) is 0.634. The number of aliphatic carboxylic acids is 1. The highest BCUT2D eigenvalue weighted by Gasteiger charge is 2.03. The SMILES string of the molecule is CC(=CC(=O)O)CNC(C)CS(C)=O. The molecule has 0 rings (SSSR count). The Bertz CT molecular complexity index is 250. The van der Waals surface area contributed by atoms with E-state index in [0.29, 0.717) is 12.3 Å². The molecule has 0 saturated heterocycles. The molecule has 14 heavy (non-hydrogen) atoms. The summed E-state index contributed by atoms with van der Waals surface area (Å²) in [6.45, 7) is 4.19. The van der Waals surface area contributed by atoms with Gasteiger partial charge >= 0.3 is 5.97 Å². The van der Waals surface area contributed by atoms with Gasteiger partial charge < -0.3 is 10.4 Å². The maximum absolute atomic E-state index is 10.8. The van der Waals surface area contributed by atoms with Crippen LogP contribution in [0.25, 0.3) is 0 Å². The summed E-state index contributed by atoms with van der Waals surface area (Å²) in [5.41, 5.74) is 0.756. The summed E-state index contributed by atoms with van der Waals surface area (Å²) >= 11 is 0. The highest BCUT2D eigenvalue weighted by Crippen LogP contribution is 1.92. The molecule has 0 fully saturated rings. The van der Waals surface area contributed by atoms with Crippen LogP contribution in [0.2, 0.25) is 0 Å². The van der Waals surface area contributed by atoms with Crippen LogP contribution in [0.5, 0.6) is 0 Å². The number of carboxylic acids is 1. The zero-order valence-corrected chi connectivity index (χ0v) is 9.56. The van der Waals surface area contributed by atoms with Crippen LogP contribution in [0.15, 0.2) is 11.6 Å². The van der Waals surface area contributed by atoms with Gasteiger partial charge in [0, 0.05) is 41.5 Å². The van der Waals surface area contributed by atoms with Gasteiger partial charge in [-0.05, 0) is 13.8 Å². The molecule has 82 valence electrons.